The first-order valence-corrected chi connectivity index (χ1v) is 6.81. The molecule has 4 heteroatoms. The average Bonchev–Trinajstić information content (AvgIpc) is 2.38. The lowest BCUT2D eigenvalue weighted by Gasteiger charge is -2.02. The number of halogens is 2. The van der Waals surface area contributed by atoms with Crippen LogP contribution in [-0.4, -0.2) is 5.91 Å². The molecular formula is C15H11BrClNO. The summed E-state index contributed by atoms with van der Waals surface area (Å²) in [5.41, 5.74) is 1.64. The normalized spacial score (nSPS) is 10.6. The van der Waals surface area contributed by atoms with E-state index in [-0.39, 0.29) is 5.91 Å². The molecule has 0 aliphatic carbocycles. The van der Waals surface area contributed by atoms with Crippen molar-refractivity contribution in [2.24, 2.45) is 0 Å². The summed E-state index contributed by atoms with van der Waals surface area (Å²) in [6, 6.07) is 14.7. The van der Waals surface area contributed by atoms with Crippen LogP contribution < -0.4 is 5.32 Å². The molecule has 0 saturated carbocycles. The Morgan fingerprint density at radius 1 is 1.16 bits per heavy atom. The van der Waals surface area contributed by atoms with Crippen LogP contribution in [0.25, 0.3) is 6.08 Å². The fourth-order valence-electron chi connectivity index (χ4n) is 1.50. The van der Waals surface area contributed by atoms with E-state index < -0.39 is 0 Å². The number of hydrogen-bond donors (Lipinski definition) is 1. The predicted octanol–water partition coefficient (Wildman–Crippen LogP) is 4.75. The number of carbonyl (C=O) groups is 1. The molecule has 0 fully saturated rings. The van der Waals surface area contributed by atoms with Gasteiger partial charge in [0.25, 0.3) is 0 Å². The van der Waals surface area contributed by atoms with Crippen molar-refractivity contribution in [2.75, 3.05) is 5.32 Å². The van der Waals surface area contributed by atoms with Crippen LogP contribution in [0.3, 0.4) is 0 Å². The average molecular weight is 337 g/mol. The quantitative estimate of drug-likeness (QED) is 0.805. The van der Waals surface area contributed by atoms with Crippen molar-refractivity contribution in [2.45, 2.75) is 0 Å². The highest BCUT2D eigenvalue weighted by Crippen LogP contribution is 2.15. The van der Waals surface area contributed by atoms with Crippen molar-refractivity contribution in [3.63, 3.8) is 0 Å². The van der Waals surface area contributed by atoms with E-state index in [1.165, 1.54) is 6.08 Å². The smallest absolute Gasteiger partial charge is 0.248 e. The Morgan fingerprint density at radius 2 is 1.89 bits per heavy atom. The fourth-order valence-corrected chi connectivity index (χ4v) is 1.95. The molecule has 0 aliphatic heterocycles. The first kappa shape index (κ1) is 13.8. The van der Waals surface area contributed by atoms with E-state index >= 15 is 0 Å². The zero-order chi connectivity index (χ0) is 13.7. The minimum absolute atomic E-state index is 0.190. The van der Waals surface area contributed by atoms with Gasteiger partial charge in [0.2, 0.25) is 5.91 Å². The van der Waals surface area contributed by atoms with Crippen LogP contribution in [0.15, 0.2) is 59.1 Å². The second kappa shape index (κ2) is 6.55. The number of benzene rings is 2. The fraction of sp³-hybridized carbons (Fsp3) is 0. The van der Waals surface area contributed by atoms with Crippen LogP contribution in [0.4, 0.5) is 5.69 Å². The molecule has 19 heavy (non-hydrogen) atoms. The molecule has 2 nitrogen and oxygen atoms in total. The maximum atomic E-state index is 11.7. The van der Waals surface area contributed by atoms with Gasteiger partial charge in [-0.2, -0.15) is 0 Å². The van der Waals surface area contributed by atoms with Gasteiger partial charge in [0.1, 0.15) is 0 Å². The molecule has 2 aromatic rings. The third-order valence-corrected chi connectivity index (χ3v) is 3.15. The molecule has 2 aromatic carbocycles. The lowest BCUT2D eigenvalue weighted by atomic mass is 10.2. The third-order valence-electron chi connectivity index (χ3n) is 2.39. The number of anilines is 1. The first-order chi connectivity index (χ1) is 9.13. The molecule has 0 aliphatic rings. The zero-order valence-electron chi connectivity index (χ0n) is 9.94. The number of amides is 1. The van der Waals surface area contributed by atoms with Gasteiger partial charge in [0.05, 0.1) is 0 Å². The molecular weight excluding hydrogens is 326 g/mol. The van der Waals surface area contributed by atoms with E-state index in [2.05, 4.69) is 21.2 Å². The largest absolute Gasteiger partial charge is 0.322 e. The Balaban J connectivity index is 1.99. The maximum absolute atomic E-state index is 11.7. The van der Waals surface area contributed by atoms with Crippen LogP contribution in [0.1, 0.15) is 5.56 Å². The summed E-state index contributed by atoms with van der Waals surface area (Å²) in [5.74, 6) is -0.190. The van der Waals surface area contributed by atoms with Gasteiger partial charge in [-0.25, -0.2) is 0 Å². The van der Waals surface area contributed by atoms with Crippen molar-refractivity contribution in [3.8, 4) is 0 Å². The lowest BCUT2D eigenvalue weighted by Crippen LogP contribution is -2.07. The van der Waals surface area contributed by atoms with E-state index in [1.807, 2.05) is 24.3 Å². The summed E-state index contributed by atoms with van der Waals surface area (Å²) in [4.78, 5) is 11.7. The Hall–Kier alpha value is -1.58. The standard InChI is InChI=1S/C15H11BrClNO/c16-12-7-4-11(5-8-12)6-9-15(19)18-14-3-1-2-13(17)10-14/h1-10H,(H,18,19). The number of hydrogen-bond acceptors (Lipinski definition) is 1. The molecule has 0 spiro atoms. The summed E-state index contributed by atoms with van der Waals surface area (Å²) in [6.07, 6.45) is 3.25. The Kier molecular flexibility index (Phi) is 4.77. The summed E-state index contributed by atoms with van der Waals surface area (Å²) in [7, 11) is 0. The van der Waals surface area contributed by atoms with Gasteiger partial charge < -0.3 is 5.32 Å². The van der Waals surface area contributed by atoms with E-state index in [9.17, 15) is 4.79 Å². The molecule has 0 radical (unpaired) electrons. The first-order valence-electron chi connectivity index (χ1n) is 5.64. The molecule has 0 heterocycles. The van der Waals surface area contributed by atoms with Crippen LogP contribution in [0.2, 0.25) is 5.02 Å². The Bertz CT molecular complexity index is 608. The summed E-state index contributed by atoms with van der Waals surface area (Å²) >= 11 is 9.20. The van der Waals surface area contributed by atoms with E-state index in [0.717, 1.165) is 10.0 Å². The minimum Gasteiger partial charge on any atom is -0.322 e. The molecule has 1 amide bonds. The maximum Gasteiger partial charge on any atom is 0.248 e. The minimum atomic E-state index is -0.190. The third kappa shape index (κ3) is 4.54. The second-order valence-corrected chi connectivity index (χ2v) is 5.24. The van der Waals surface area contributed by atoms with Crippen molar-refractivity contribution < 1.29 is 4.79 Å². The molecule has 0 aromatic heterocycles. The molecule has 0 saturated heterocycles. The van der Waals surface area contributed by atoms with Gasteiger partial charge in [-0.3, -0.25) is 4.79 Å². The predicted molar refractivity (Wildman–Crippen MR) is 83.3 cm³/mol. The number of rotatable bonds is 3. The van der Waals surface area contributed by atoms with Crippen LogP contribution in [0.5, 0.6) is 0 Å². The topological polar surface area (TPSA) is 29.1 Å². The number of carbonyl (C=O) groups excluding carboxylic acids is 1. The lowest BCUT2D eigenvalue weighted by molar-refractivity contribution is -0.111. The second-order valence-electron chi connectivity index (χ2n) is 3.88. The summed E-state index contributed by atoms with van der Waals surface area (Å²) in [6.45, 7) is 0. The molecule has 0 atom stereocenters. The highest BCUT2D eigenvalue weighted by atomic mass is 79.9. The van der Waals surface area contributed by atoms with Crippen molar-refractivity contribution >= 4 is 45.2 Å². The molecule has 0 unspecified atom stereocenters. The van der Waals surface area contributed by atoms with Crippen molar-refractivity contribution in [3.05, 3.63) is 69.7 Å². The highest BCUT2D eigenvalue weighted by molar-refractivity contribution is 9.10. The number of nitrogens with one attached hydrogen (secondary N) is 1. The van der Waals surface area contributed by atoms with Gasteiger partial charge in [-0.1, -0.05) is 45.7 Å². The van der Waals surface area contributed by atoms with E-state index in [4.69, 9.17) is 11.6 Å². The van der Waals surface area contributed by atoms with Gasteiger partial charge in [-0.15, -0.1) is 0 Å². The van der Waals surface area contributed by atoms with Crippen LogP contribution in [0, 0.1) is 0 Å². The molecule has 2 rings (SSSR count). The van der Waals surface area contributed by atoms with Crippen molar-refractivity contribution in [1.29, 1.82) is 0 Å². The van der Waals surface area contributed by atoms with E-state index in [0.29, 0.717) is 10.7 Å². The SMILES string of the molecule is O=C(C=Cc1ccc(Br)cc1)Nc1cccc(Cl)c1. The highest BCUT2D eigenvalue weighted by Gasteiger charge is 1.98. The van der Waals surface area contributed by atoms with Gasteiger partial charge in [-0.05, 0) is 42.0 Å². The van der Waals surface area contributed by atoms with Gasteiger partial charge >= 0.3 is 0 Å². The van der Waals surface area contributed by atoms with Crippen LogP contribution in [-0.2, 0) is 4.79 Å². The van der Waals surface area contributed by atoms with Gasteiger partial charge in [0.15, 0.2) is 0 Å². The monoisotopic (exact) mass is 335 g/mol. The van der Waals surface area contributed by atoms with Crippen LogP contribution >= 0.6 is 27.5 Å². The molecule has 1 N–H and O–H groups in total. The van der Waals surface area contributed by atoms with E-state index in [1.54, 1.807) is 30.3 Å². The molecule has 96 valence electrons. The Morgan fingerprint density at radius 3 is 2.58 bits per heavy atom. The zero-order valence-corrected chi connectivity index (χ0v) is 12.3. The van der Waals surface area contributed by atoms with Crippen molar-refractivity contribution in [1.82, 2.24) is 0 Å². The summed E-state index contributed by atoms with van der Waals surface area (Å²) < 4.78 is 1.01. The Labute approximate surface area is 125 Å². The summed E-state index contributed by atoms with van der Waals surface area (Å²) in [5, 5.41) is 3.34. The molecule has 0 bridgehead atoms. The van der Waals surface area contributed by atoms with Gasteiger partial charge in [0, 0.05) is 21.3 Å².